The van der Waals surface area contributed by atoms with E-state index in [4.69, 9.17) is 5.84 Å². The number of nitrogens with two attached hydrogens (primary N) is 1. The highest BCUT2D eigenvalue weighted by Gasteiger charge is 2.27. The van der Waals surface area contributed by atoms with E-state index in [9.17, 15) is 0 Å². The molecule has 0 aliphatic rings. The molecular formula is C36H24N4. The van der Waals surface area contributed by atoms with Crippen LogP contribution in [-0.4, -0.2) is 13.8 Å². The Labute approximate surface area is 229 Å². The Morgan fingerprint density at radius 1 is 0.350 bits per heavy atom. The number of nitrogen functional groups attached to an aromatic ring is 1. The number of aromatic nitrogens is 3. The minimum Gasteiger partial charge on any atom is -0.338 e. The molecule has 4 heteroatoms. The van der Waals surface area contributed by atoms with E-state index in [-0.39, 0.29) is 0 Å². The van der Waals surface area contributed by atoms with Gasteiger partial charge in [-0.15, -0.1) is 0 Å². The summed E-state index contributed by atoms with van der Waals surface area (Å²) in [6.45, 7) is 0. The van der Waals surface area contributed by atoms with Crippen LogP contribution >= 0.6 is 0 Å². The minimum atomic E-state index is 1.01. The van der Waals surface area contributed by atoms with Crippen molar-refractivity contribution in [3.8, 4) is 11.4 Å². The molecule has 2 N–H and O–H groups in total. The second kappa shape index (κ2) is 7.78. The van der Waals surface area contributed by atoms with Crippen molar-refractivity contribution in [1.82, 2.24) is 13.8 Å². The van der Waals surface area contributed by atoms with E-state index in [2.05, 4.69) is 143 Å². The van der Waals surface area contributed by atoms with Crippen LogP contribution in [0, 0.1) is 0 Å². The van der Waals surface area contributed by atoms with Crippen LogP contribution in [0.2, 0.25) is 0 Å². The molecule has 0 amide bonds. The van der Waals surface area contributed by atoms with Crippen LogP contribution in [0.15, 0.2) is 133 Å². The molecule has 0 saturated carbocycles. The molecule has 3 aromatic heterocycles. The fourth-order valence-corrected chi connectivity index (χ4v) is 6.87. The van der Waals surface area contributed by atoms with Gasteiger partial charge in [-0.3, -0.25) is 4.68 Å². The standard InChI is InChI=1S/C36H24N4/c37-40-30-22-12-9-19-27(30)33-34-31(25-17-7-10-20-28(25)38(34)23-13-3-1-4-14-23)32-26-18-8-11-21-29(26)39(35(32)36(33)40)24-15-5-2-6-16-24/h1-22H,37H2. The first-order valence-corrected chi connectivity index (χ1v) is 13.6. The predicted octanol–water partition coefficient (Wildman–Crippen LogP) is 8.70. The summed E-state index contributed by atoms with van der Waals surface area (Å²) in [6.07, 6.45) is 0. The van der Waals surface area contributed by atoms with Crippen LogP contribution in [0.1, 0.15) is 0 Å². The molecule has 0 fully saturated rings. The van der Waals surface area contributed by atoms with Crippen molar-refractivity contribution in [3.63, 3.8) is 0 Å². The van der Waals surface area contributed by atoms with Crippen LogP contribution in [0.3, 0.4) is 0 Å². The van der Waals surface area contributed by atoms with Gasteiger partial charge in [0.2, 0.25) is 0 Å². The zero-order valence-electron chi connectivity index (χ0n) is 21.6. The third kappa shape index (κ3) is 2.60. The third-order valence-electron chi connectivity index (χ3n) is 8.40. The van der Waals surface area contributed by atoms with Gasteiger partial charge in [0.05, 0.1) is 33.1 Å². The van der Waals surface area contributed by atoms with Crippen molar-refractivity contribution in [1.29, 1.82) is 0 Å². The van der Waals surface area contributed by atoms with E-state index >= 15 is 0 Å². The molecule has 6 aromatic carbocycles. The van der Waals surface area contributed by atoms with Gasteiger partial charge in [-0.1, -0.05) is 91.0 Å². The van der Waals surface area contributed by atoms with Crippen LogP contribution in [0.25, 0.3) is 76.8 Å². The normalized spacial score (nSPS) is 12.1. The predicted molar refractivity (Wildman–Crippen MR) is 168 cm³/mol. The average Bonchev–Trinajstić information content (AvgIpc) is 3.64. The Morgan fingerprint density at radius 2 is 0.750 bits per heavy atom. The maximum Gasteiger partial charge on any atom is 0.0972 e. The van der Waals surface area contributed by atoms with Crippen molar-refractivity contribution in [2.45, 2.75) is 0 Å². The van der Waals surface area contributed by atoms with E-state index in [1.807, 2.05) is 4.68 Å². The molecule has 0 aliphatic carbocycles. The maximum absolute atomic E-state index is 7.08. The van der Waals surface area contributed by atoms with Gasteiger partial charge in [0.25, 0.3) is 0 Å². The number of para-hydroxylation sites is 5. The first kappa shape index (κ1) is 21.5. The first-order chi connectivity index (χ1) is 19.8. The maximum atomic E-state index is 7.08. The van der Waals surface area contributed by atoms with Gasteiger partial charge in [0, 0.05) is 43.7 Å². The van der Waals surface area contributed by atoms with Crippen LogP contribution in [0.4, 0.5) is 0 Å². The van der Waals surface area contributed by atoms with Gasteiger partial charge < -0.3 is 15.0 Å². The molecule has 9 rings (SSSR count). The summed E-state index contributed by atoms with van der Waals surface area (Å²) in [5, 5.41) is 7.25. The van der Waals surface area contributed by atoms with Gasteiger partial charge in [-0.25, -0.2) is 0 Å². The molecule has 0 saturated heterocycles. The first-order valence-electron chi connectivity index (χ1n) is 13.6. The lowest BCUT2D eigenvalue weighted by Gasteiger charge is -2.12. The molecular weight excluding hydrogens is 488 g/mol. The van der Waals surface area contributed by atoms with E-state index in [1.165, 1.54) is 43.5 Å². The molecule has 0 spiro atoms. The van der Waals surface area contributed by atoms with E-state index in [0.717, 1.165) is 33.3 Å². The smallest absolute Gasteiger partial charge is 0.0972 e. The topological polar surface area (TPSA) is 40.8 Å². The molecule has 0 aliphatic heterocycles. The van der Waals surface area contributed by atoms with Crippen molar-refractivity contribution in [2.24, 2.45) is 0 Å². The average molecular weight is 513 g/mol. The number of rotatable bonds is 2. The summed E-state index contributed by atoms with van der Waals surface area (Å²) in [4.78, 5) is 0. The van der Waals surface area contributed by atoms with Crippen LogP contribution < -0.4 is 5.84 Å². The summed E-state index contributed by atoms with van der Waals surface area (Å²) in [5.74, 6) is 7.08. The Kier molecular flexibility index (Phi) is 4.17. The molecule has 9 aromatic rings. The number of hydrogen-bond acceptors (Lipinski definition) is 1. The molecule has 4 nitrogen and oxygen atoms in total. The lowest BCUT2D eigenvalue weighted by Crippen LogP contribution is -2.08. The fraction of sp³-hybridized carbons (Fsp3) is 0. The number of benzene rings is 6. The summed E-state index contributed by atoms with van der Waals surface area (Å²) >= 11 is 0. The van der Waals surface area contributed by atoms with Crippen molar-refractivity contribution >= 4 is 65.4 Å². The molecule has 0 atom stereocenters. The van der Waals surface area contributed by atoms with Crippen LogP contribution in [-0.2, 0) is 0 Å². The zero-order valence-corrected chi connectivity index (χ0v) is 21.6. The highest BCUT2D eigenvalue weighted by Crippen LogP contribution is 2.48. The molecule has 3 heterocycles. The summed E-state index contributed by atoms with van der Waals surface area (Å²) in [5.41, 5.74) is 8.96. The van der Waals surface area contributed by atoms with E-state index < -0.39 is 0 Å². The Morgan fingerprint density at radius 3 is 1.30 bits per heavy atom. The highest BCUT2D eigenvalue weighted by molar-refractivity contribution is 6.40. The van der Waals surface area contributed by atoms with Gasteiger partial charge >= 0.3 is 0 Å². The van der Waals surface area contributed by atoms with Crippen molar-refractivity contribution in [2.75, 3.05) is 5.84 Å². The van der Waals surface area contributed by atoms with Gasteiger partial charge in [-0.2, -0.15) is 0 Å². The number of fused-ring (bicyclic) bond motifs is 12. The quantitative estimate of drug-likeness (QED) is 0.231. The SMILES string of the molecule is Nn1c2ccccc2c2c1c1c(c3ccccc3n1-c1ccccc1)c1c3ccccc3n(-c3ccccc3)c12. The minimum absolute atomic E-state index is 1.01. The zero-order chi connectivity index (χ0) is 26.4. The summed E-state index contributed by atoms with van der Waals surface area (Å²) in [7, 11) is 0. The van der Waals surface area contributed by atoms with Gasteiger partial charge in [0.15, 0.2) is 0 Å². The van der Waals surface area contributed by atoms with Crippen molar-refractivity contribution in [3.05, 3.63) is 133 Å². The summed E-state index contributed by atoms with van der Waals surface area (Å²) in [6, 6.07) is 47.3. The Hall–Kier alpha value is -5.48. The lowest BCUT2D eigenvalue weighted by atomic mass is 10.0. The Bertz CT molecular complexity index is 2420. The molecule has 188 valence electrons. The Balaban J connectivity index is 1.72. The lowest BCUT2D eigenvalue weighted by molar-refractivity contribution is 1.11. The van der Waals surface area contributed by atoms with E-state index in [0.29, 0.717) is 0 Å². The highest BCUT2D eigenvalue weighted by atomic mass is 15.3. The summed E-state index contributed by atoms with van der Waals surface area (Å²) < 4.78 is 6.72. The molecule has 0 bridgehead atoms. The number of nitrogens with zero attached hydrogens (tertiary/aromatic N) is 3. The van der Waals surface area contributed by atoms with Crippen molar-refractivity contribution < 1.29 is 0 Å². The fourth-order valence-electron chi connectivity index (χ4n) is 6.87. The second-order valence-electron chi connectivity index (χ2n) is 10.4. The molecule has 0 radical (unpaired) electrons. The largest absolute Gasteiger partial charge is 0.338 e. The molecule has 40 heavy (non-hydrogen) atoms. The van der Waals surface area contributed by atoms with Gasteiger partial charge in [-0.05, 0) is 42.5 Å². The molecule has 0 unspecified atom stereocenters. The monoisotopic (exact) mass is 512 g/mol. The van der Waals surface area contributed by atoms with Crippen LogP contribution in [0.5, 0.6) is 0 Å². The number of hydrogen-bond donors (Lipinski definition) is 1. The second-order valence-corrected chi connectivity index (χ2v) is 10.4. The van der Waals surface area contributed by atoms with Gasteiger partial charge in [0.1, 0.15) is 0 Å². The third-order valence-corrected chi connectivity index (χ3v) is 8.40. The van der Waals surface area contributed by atoms with E-state index in [1.54, 1.807) is 0 Å².